The first kappa shape index (κ1) is 24.6. The highest BCUT2D eigenvalue weighted by Gasteiger charge is 2.47. The molecule has 1 fully saturated rings. The van der Waals surface area contributed by atoms with Crippen LogP contribution in [0.2, 0.25) is 0 Å². The summed E-state index contributed by atoms with van der Waals surface area (Å²) in [5.74, 6) is -2.84. The fourth-order valence-corrected chi connectivity index (χ4v) is 2.71. The maximum absolute atomic E-state index is 12.2. The Morgan fingerprint density at radius 1 is 1.03 bits per heavy atom. The van der Waals surface area contributed by atoms with Crippen LogP contribution in [0, 0.1) is 0 Å². The third-order valence-electron chi connectivity index (χ3n) is 4.39. The Labute approximate surface area is 175 Å². The zero-order chi connectivity index (χ0) is 23.3. The lowest BCUT2D eigenvalue weighted by Crippen LogP contribution is -2.60. The molecule has 174 valence electrons. The summed E-state index contributed by atoms with van der Waals surface area (Å²) in [6.07, 6.45) is -10.4. The van der Waals surface area contributed by atoms with Gasteiger partial charge in [-0.2, -0.15) is 0 Å². The van der Waals surface area contributed by atoms with E-state index in [1.165, 1.54) is 26.4 Å². The lowest BCUT2D eigenvalue weighted by atomic mass is 9.99. The second-order valence-electron chi connectivity index (χ2n) is 6.55. The fraction of sp³-hybridized carbons (Fsp3) is 0.556. The molecule has 1 heterocycles. The second kappa shape index (κ2) is 10.6. The van der Waals surface area contributed by atoms with Crippen LogP contribution in [0.5, 0.6) is 17.2 Å². The third kappa shape index (κ3) is 5.72. The number of aromatic hydroxyl groups is 1. The Kier molecular flexibility index (Phi) is 8.38. The first-order valence-electron chi connectivity index (χ1n) is 8.94. The van der Waals surface area contributed by atoms with Crippen molar-refractivity contribution in [2.45, 2.75) is 36.8 Å². The number of carbonyl (C=O) groups is 2. The molecule has 1 aromatic rings. The Morgan fingerprint density at radius 3 is 2.13 bits per heavy atom. The summed E-state index contributed by atoms with van der Waals surface area (Å²) in [6.45, 7) is -1.12. The quantitative estimate of drug-likeness (QED) is 0.223. The minimum atomic E-state index is -1.88. The standard InChI is InChI=1S/C18H24O13/c1-27-9-3-7(4-10(28-2)11(9)20)17(26)29-5-8(19)6-30-18-14(23)12(21)13(22)15(31-18)16(24)25/h3-4,8,12-15,18-23H,5-6H2,1-2H3,(H,24,25)/t8?,12-,13-,14+,15-,18+/m0/s1. The zero-order valence-electron chi connectivity index (χ0n) is 16.6. The zero-order valence-corrected chi connectivity index (χ0v) is 16.6. The summed E-state index contributed by atoms with van der Waals surface area (Å²) in [6, 6.07) is 2.40. The molecule has 1 aromatic carbocycles. The fourth-order valence-electron chi connectivity index (χ4n) is 2.71. The molecule has 1 aliphatic heterocycles. The molecule has 0 saturated carbocycles. The monoisotopic (exact) mass is 448 g/mol. The van der Waals surface area contributed by atoms with Crippen molar-refractivity contribution in [2.24, 2.45) is 0 Å². The topological polar surface area (TPSA) is 202 Å². The highest BCUT2D eigenvalue weighted by Crippen LogP contribution is 2.37. The van der Waals surface area contributed by atoms with Crippen molar-refractivity contribution >= 4 is 11.9 Å². The largest absolute Gasteiger partial charge is 0.502 e. The van der Waals surface area contributed by atoms with Gasteiger partial charge in [-0.3, -0.25) is 0 Å². The summed E-state index contributed by atoms with van der Waals surface area (Å²) in [5, 5.41) is 57.9. The molecular weight excluding hydrogens is 424 g/mol. The number of aliphatic hydroxyl groups is 4. The van der Waals surface area contributed by atoms with Gasteiger partial charge < -0.3 is 54.3 Å². The van der Waals surface area contributed by atoms with Crippen LogP contribution in [-0.2, 0) is 19.0 Å². The van der Waals surface area contributed by atoms with Gasteiger partial charge in [-0.25, -0.2) is 9.59 Å². The van der Waals surface area contributed by atoms with Gasteiger partial charge in [-0.05, 0) is 12.1 Å². The molecule has 2 rings (SSSR count). The smallest absolute Gasteiger partial charge is 0.338 e. The lowest BCUT2D eigenvalue weighted by molar-refractivity contribution is -0.297. The van der Waals surface area contributed by atoms with Crippen LogP contribution < -0.4 is 9.47 Å². The van der Waals surface area contributed by atoms with E-state index in [4.69, 9.17) is 28.8 Å². The predicted molar refractivity (Wildman–Crippen MR) is 97.8 cm³/mol. The number of carboxylic acids is 1. The summed E-state index contributed by atoms with van der Waals surface area (Å²) < 4.78 is 24.8. The molecule has 0 amide bonds. The van der Waals surface area contributed by atoms with Crippen molar-refractivity contribution < 1.29 is 63.9 Å². The van der Waals surface area contributed by atoms with E-state index in [1.807, 2.05) is 0 Å². The number of ether oxygens (including phenoxy) is 5. The van der Waals surface area contributed by atoms with Crippen LogP contribution in [0.3, 0.4) is 0 Å². The molecule has 31 heavy (non-hydrogen) atoms. The van der Waals surface area contributed by atoms with Crippen LogP contribution >= 0.6 is 0 Å². The summed E-state index contributed by atoms with van der Waals surface area (Å²) in [7, 11) is 2.55. The van der Waals surface area contributed by atoms with E-state index in [-0.39, 0.29) is 22.8 Å². The van der Waals surface area contributed by atoms with Gasteiger partial charge in [0.15, 0.2) is 23.9 Å². The number of carbonyl (C=O) groups excluding carboxylic acids is 1. The summed E-state index contributed by atoms with van der Waals surface area (Å²) in [4.78, 5) is 23.2. The summed E-state index contributed by atoms with van der Waals surface area (Å²) in [5.41, 5.74) is -0.0351. The average Bonchev–Trinajstić information content (AvgIpc) is 2.75. The van der Waals surface area contributed by atoms with Gasteiger partial charge >= 0.3 is 11.9 Å². The molecule has 0 radical (unpaired) electrons. The van der Waals surface area contributed by atoms with Crippen LogP contribution in [-0.4, -0.2) is 107 Å². The van der Waals surface area contributed by atoms with Crippen LogP contribution in [0.25, 0.3) is 0 Å². The van der Waals surface area contributed by atoms with Crippen molar-refractivity contribution in [1.29, 1.82) is 0 Å². The lowest BCUT2D eigenvalue weighted by Gasteiger charge is -2.38. The van der Waals surface area contributed by atoms with Gasteiger partial charge in [0.2, 0.25) is 5.75 Å². The van der Waals surface area contributed by atoms with E-state index >= 15 is 0 Å². The van der Waals surface area contributed by atoms with Crippen molar-refractivity contribution in [3.05, 3.63) is 17.7 Å². The van der Waals surface area contributed by atoms with Gasteiger partial charge in [0, 0.05) is 0 Å². The number of phenols is 1. The second-order valence-corrected chi connectivity index (χ2v) is 6.55. The number of esters is 1. The molecule has 0 aromatic heterocycles. The van der Waals surface area contributed by atoms with Gasteiger partial charge in [-0.15, -0.1) is 0 Å². The van der Waals surface area contributed by atoms with E-state index in [0.717, 1.165) is 0 Å². The van der Waals surface area contributed by atoms with Crippen molar-refractivity contribution in [1.82, 2.24) is 0 Å². The first-order chi connectivity index (χ1) is 14.6. The molecule has 6 atom stereocenters. The van der Waals surface area contributed by atoms with Crippen LogP contribution in [0.4, 0.5) is 0 Å². The van der Waals surface area contributed by atoms with E-state index in [9.17, 15) is 35.1 Å². The minimum Gasteiger partial charge on any atom is -0.502 e. The van der Waals surface area contributed by atoms with E-state index < -0.39 is 62.0 Å². The molecule has 1 aliphatic rings. The number of benzene rings is 1. The number of carboxylic acid groups (broad SMARTS) is 1. The minimum absolute atomic E-state index is 0.0349. The molecule has 6 N–H and O–H groups in total. The highest BCUT2D eigenvalue weighted by molar-refractivity contribution is 5.91. The molecule has 1 saturated heterocycles. The first-order valence-corrected chi connectivity index (χ1v) is 8.94. The molecule has 0 aliphatic carbocycles. The third-order valence-corrected chi connectivity index (χ3v) is 4.39. The van der Waals surface area contributed by atoms with E-state index in [1.54, 1.807) is 0 Å². The number of aliphatic hydroxyl groups excluding tert-OH is 4. The predicted octanol–water partition coefficient (Wildman–Crippen LogP) is -2.16. The van der Waals surface area contributed by atoms with Crippen molar-refractivity contribution in [2.75, 3.05) is 27.4 Å². The Morgan fingerprint density at radius 2 is 1.61 bits per heavy atom. The number of rotatable bonds is 9. The maximum atomic E-state index is 12.2. The van der Waals surface area contributed by atoms with Gasteiger partial charge in [-0.1, -0.05) is 0 Å². The number of aliphatic carboxylic acids is 1. The molecule has 1 unspecified atom stereocenters. The molecular formula is C18H24O13. The Bertz CT molecular complexity index is 757. The van der Waals surface area contributed by atoms with Gasteiger partial charge in [0.25, 0.3) is 0 Å². The SMILES string of the molecule is COc1cc(C(=O)OCC(O)CO[C@@H]2O[C@H](C(=O)O)[C@@H](O)[C@H](O)[C@H]2O)cc(OC)c1O. The van der Waals surface area contributed by atoms with Gasteiger partial charge in [0.1, 0.15) is 31.0 Å². The number of methoxy groups -OCH3 is 2. The summed E-state index contributed by atoms with van der Waals surface area (Å²) >= 11 is 0. The maximum Gasteiger partial charge on any atom is 0.338 e. The number of hydrogen-bond acceptors (Lipinski definition) is 12. The van der Waals surface area contributed by atoms with Crippen molar-refractivity contribution in [3.63, 3.8) is 0 Å². The van der Waals surface area contributed by atoms with Gasteiger partial charge in [0.05, 0.1) is 26.4 Å². The normalized spacial score (nSPS) is 26.7. The average molecular weight is 448 g/mol. The molecule has 13 heteroatoms. The Hall–Kier alpha value is -2.68. The van der Waals surface area contributed by atoms with Crippen LogP contribution in [0.15, 0.2) is 12.1 Å². The Balaban J connectivity index is 1.91. The van der Waals surface area contributed by atoms with Crippen molar-refractivity contribution in [3.8, 4) is 17.2 Å². The molecule has 0 spiro atoms. The highest BCUT2D eigenvalue weighted by atomic mass is 16.7. The number of phenolic OH excluding ortho intramolecular Hbond substituents is 1. The van der Waals surface area contributed by atoms with E-state index in [0.29, 0.717) is 0 Å². The molecule has 13 nitrogen and oxygen atoms in total. The number of hydrogen-bond donors (Lipinski definition) is 6. The van der Waals surface area contributed by atoms with E-state index in [2.05, 4.69) is 0 Å². The van der Waals surface area contributed by atoms with Crippen LogP contribution in [0.1, 0.15) is 10.4 Å². The molecule has 0 bridgehead atoms.